The summed E-state index contributed by atoms with van der Waals surface area (Å²) in [5.41, 5.74) is 6.02. The molecular formula is C24H18ClN3O2. The SMILES string of the molecule is COc1ccc(/C=N/NC(=O)c2cc(-c3ccccc3Cl)nc3ccccc23)cc1. The lowest BCUT2D eigenvalue weighted by Gasteiger charge is -2.10. The van der Waals surface area contributed by atoms with Crippen molar-refractivity contribution in [2.24, 2.45) is 5.10 Å². The second-order valence-electron chi connectivity index (χ2n) is 6.52. The first-order valence-corrected chi connectivity index (χ1v) is 9.65. The maximum Gasteiger partial charge on any atom is 0.272 e. The summed E-state index contributed by atoms with van der Waals surface area (Å²) < 4.78 is 5.14. The molecule has 6 heteroatoms. The van der Waals surface area contributed by atoms with Crippen LogP contribution in [-0.2, 0) is 0 Å². The molecule has 1 amide bonds. The first-order chi connectivity index (χ1) is 14.7. The predicted molar refractivity (Wildman–Crippen MR) is 120 cm³/mol. The molecule has 0 bridgehead atoms. The summed E-state index contributed by atoms with van der Waals surface area (Å²) in [6.07, 6.45) is 1.58. The lowest BCUT2D eigenvalue weighted by molar-refractivity contribution is 0.0956. The number of carbonyl (C=O) groups is 1. The van der Waals surface area contributed by atoms with E-state index in [9.17, 15) is 4.79 Å². The second kappa shape index (κ2) is 8.76. The van der Waals surface area contributed by atoms with Crippen LogP contribution in [0.5, 0.6) is 5.75 Å². The molecule has 1 aromatic heterocycles. The number of hydrogen-bond donors (Lipinski definition) is 1. The molecule has 148 valence electrons. The highest BCUT2D eigenvalue weighted by Crippen LogP contribution is 2.29. The zero-order valence-corrected chi connectivity index (χ0v) is 16.9. The number of hydrogen-bond acceptors (Lipinski definition) is 4. The number of rotatable bonds is 5. The number of benzene rings is 3. The lowest BCUT2D eigenvalue weighted by Crippen LogP contribution is -2.18. The second-order valence-corrected chi connectivity index (χ2v) is 6.93. The summed E-state index contributed by atoms with van der Waals surface area (Å²) in [6, 6.07) is 24.0. The van der Waals surface area contributed by atoms with E-state index in [1.54, 1.807) is 25.5 Å². The van der Waals surface area contributed by atoms with Crippen molar-refractivity contribution >= 4 is 34.6 Å². The van der Waals surface area contributed by atoms with E-state index in [1.807, 2.05) is 66.7 Å². The van der Waals surface area contributed by atoms with E-state index in [2.05, 4.69) is 15.5 Å². The molecule has 0 aliphatic carbocycles. The monoisotopic (exact) mass is 415 g/mol. The third-order valence-electron chi connectivity index (χ3n) is 4.61. The molecule has 0 atom stereocenters. The minimum absolute atomic E-state index is 0.327. The Labute approximate surface area is 179 Å². The van der Waals surface area contributed by atoms with Crippen LogP contribution in [0.3, 0.4) is 0 Å². The summed E-state index contributed by atoms with van der Waals surface area (Å²) in [6.45, 7) is 0. The van der Waals surface area contributed by atoms with Crippen molar-refractivity contribution in [2.75, 3.05) is 7.11 Å². The topological polar surface area (TPSA) is 63.6 Å². The lowest BCUT2D eigenvalue weighted by atomic mass is 10.0. The third kappa shape index (κ3) is 4.16. The van der Waals surface area contributed by atoms with Crippen molar-refractivity contribution in [3.63, 3.8) is 0 Å². The molecule has 30 heavy (non-hydrogen) atoms. The van der Waals surface area contributed by atoms with Gasteiger partial charge in [0.25, 0.3) is 5.91 Å². The van der Waals surface area contributed by atoms with Crippen LogP contribution >= 0.6 is 11.6 Å². The first-order valence-electron chi connectivity index (χ1n) is 9.28. The smallest absolute Gasteiger partial charge is 0.272 e. The fourth-order valence-corrected chi connectivity index (χ4v) is 3.32. The van der Waals surface area contributed by atoms with Gasteiger partial charge in [-0.2, -0.15) is 5.10 Å². The van der Waals surface area contributed by atoms with Gasteiger partial charge in [-0.25, -0.2) is 10.4 Å². The molecule has 1 heterocycles. The average Bonchev–Trinajstić information content (AvgIpc) is 2.79. The molecule has 0 unspecified atom stereocenters. The fraction of sp³-hybridized carbons (Fsp3) is 0.0417. The molecule has 3 aromatic carbocycles. The Bertz CT molecular complexity index is 1240. The summed E-state index contributed by atoms with van der Waals surface area (Å²) in [7, 11) is 1.61. The van der Waals surface area contributed by atoms with E-state index in [0.29, 0.717) is 21.8 Å². The normalized spacial score (nSPS) is 11.0. The van der Waals surface area contributed by atoms with Crippen LogP contribution in [0.4, 0.5) is 0 Å². The number of hydrazone groups is 1. The number of aromatic nitrogens is 1. The van der Waals surface area contributed by atoms with E-state index in [-0.39, 0.29) is 5.91 Å². The quantitative estimate of drug-likeness (QED) is 0.354. The Balaban J connectivity index is 1.65. The number of ether oxygens (including phenoxy) is 1. The Hall–Kier alpha value is -3.70. The van der Waals surface area contributed by atoms with Crippen LogP contribution in [0.15, 0.2) is 84.0 Å². The number of methoxy groups -OCH3 is 1. The fourth-order valence-electron chi connectivity index (χ4n) is 3.09. The van der Waals surface area contributed by atoms with Crippen LogP contribution in [-0.4, -0.2) is 24.2 Å². The average molecular weight is 416 g/mol. The molecule has 5 nitrogen and oxygen atoms in total. The maximum atomic E-state index is 12.9. The van der Waals surface area contributed by atoms with Gasteiger partial charge in [-0.05, 0) is 48.0 Å². The minimum atomic E-state index is -0.327. The molecule has 4 aromatic rings. The largest absolute Gasteiger partial charge is 0.497 e. The number of amides is 1. The summed E-state index contributed by atoms with van der Waals surface area (Å²) in [5, 5.41) is 5.40. The molecule has 0 fully saturated rings. The highest BCUT2D eigenvalue weighted by molar-refractivity contribution is 6.33. The van der Waals surface area contributed by atoms with Gasteiger partial charge >= 0.3 is 0 Å². The van der Waals surface area contributed by atoms with Crippen LogP contribution in [0, 0.1) is 0 Å². The van der Waals surface area contributed by atoms with Gasteiger partial charge in [0, 0.05) is 16.0 Å². The molecule has 0 aliphatic rings. The summed E-state index contributed by atoms with van der Waals surface area (Å²) >= 11 is 6.34. The van der Waals surface area contributed by atoms with Gasteiger partial charge in [0.1, 0.15) is 5.75 Å². The van der Waals surface area contributed by atoms with Crippen molar-refractivity contribution in [1.82, 2.24) is 10.4 Å². The van der Waals surface area contributed by atoms with E-state index in [0.717, 1.165) is 22.3 Å². The standard InChI is InChI=1S/C24H18ClN3O2/c1-30-17-12-10-16(11-13-17)15-26-28-24(29)20-14-23(19-7-2-4-8-21(19)25)27-22-9-5-3-6-18(20)22/h2-15H,1H3,(H,28,29)/b26-15+. The Morgan fingerprint density at radius 2 is 1.77 bits per heavy atom. The van der Waals surface area contributed by atoms with Gasteiger partial charge < -0.3 is 4.74 Å². The molecule has 0 spiro atoms. The highest BCUT2D eigenvalue weighted by atomic mass is 35.5. The van der Waals surface area contributed by atoms with Crippen LogP contribution in [0.25, 0.3) is 22.2 Å². The van der Waals surface area contributed by atoms with Gasteiger partial charge in [0.2, 0.25) is 0 Å². The van der Waals surface area contributed by atoms with E-state index < -0.39 is 0 Å². The molecular weight excluding hydrogens is 398 g/mol. The predicted octanol–water partition coefficient (Wildman–Crippen LogP) is 5.33. The number of para-hydroxylation sites is 1. The number of halogens is 1. The van der Waals surface area contributed by atoms with Gasteiger partial charge in [0.15, 0.2) is 0 Å². The van der Waals surface area contributed by atoms with E-state index in [4.69, 9.17) is 16.3 Å². The van der Waals surface area contributed by atoms with Crippen molar-refractivity contribution in [3.8, 4) is 17.0 Å². The molecule has 0 saturated heterocycles. The molecule has 0 saturated carbocycles. The Morgan fingerprint density at radius 3 is 2.53 bits per heavy atom. The Kier molecular flexibility index (Phi) is 5.72. The number of pyridine rings is 1. The van der Waals surface area contributed by atoms with Crippen LogP contribution < -0.4 is 10.2 Å². The Morgan fingerprint density at radius 1 is 1.03 bits per heavy atom. The van der Waals surface area contributed by atoms with Gasteiger partial charge in [-0.15, -0.1) is 0 Å². The first kappa shape index (κ1) is 19.6. The van der Waals surface area contributed by atoms with Crippen molar-refractivity contribution in [3.05, 3.63) is 95.0 Å². The maximum absolute atomic E-state index is 12.9. The number of nitrogens with one attached hydrogen (secondary N) is 1. The van der Waals surface area contributed by atoms with Crippen LogP contribution in [0.1, 0.15) is 15.9 Å². The van der Waals surface area contributed by atoms with Gasteiger partial charge in [-0.1, -0.05) is 48.0 Å². The number of nitrogens with zero attached hydrogens (tertiary/aromatic N) is 2. The minimum Gasteiger partial charge on any atom is -0.497 e. The number of fused-ring (bicyclic) bond motifs is 1. The zero-order valence-electron chi connectivity index (χ0n) is 16.2. The van der Waals surface area contributed by atoms with E-state index >= 15 is 0 Å². The third-order valence-corrected chi connectivity index (χ3v) is 4.94. The molecule has 1 N–H and O–H groups in total. The molecule has 4 rings (SSSR count). The van der Waals surface area contributed by atoms with Gasteiger partial charge in [0.05, 0.1) is 30.1 Å². The molecule has 0 radical (unpaired) electrons. The number of carbonyl (C=O) groups excluding carboxylic acids is 1. The summed E-state index contributed by atoms with van der Waals surface area (Å²) in [5.74, 6) is 0.429. The van der Waals surface area contributed by atoms with Crippen molar-refractivity contribution in [2.45, 2.75) is 0 Å². The van der Waals surface area contributed by atoms with Gasteiger partial charge in [-0.3, -0.25) is 4.79 Å². The van der Waals surface area contributed by atoms with Crippen molar-refractivity contribution < 1.29 is 9.53 Å². The van der Waals surface area contributed by atoms with Crippen LogP contribution in [0.2, 0.25) is 5.02 Å². The summed E-state index contributed by atoms with van der Waals surface area (Å²) in [4.78, 5) is 17.6. The highest BCUT2D eigenvalue weighted by Gasteiger charge is 2.14. The van der Waals surface area contributed by atoms with E-state index in [1.165, 1.54) is 0 Å². The molecule has 0 aliphatic heterocycles. The zero-order chi connectivity index (χ0) is 20.9. The van der Waals surface area contributed by atoms with Crippen molar-refractivity contribution in [1.29, 1.82) is 0 Å².